The molecule has 0 aliphatic carbocycles. The summed E-state index contributed by atoms with van der Waals surface area (Å²) in [5.74, 6) is 0. The summed E-state index contributed by atoms with van der Waals surface area (Å²) in [5, 5.41) is 0. The van der Waals surface area contributed by atoms with Gasteiger partial charge in [0.2, 0.25) is 0 Å². The van der Waals surface area contributed by atoms with Crippen LogP contribution in [0.2, 0.25) is 0 Å². The first-order valence-corrected chi connectivity index (χ1v) is 6.94. The lowest BCUT2D eigenvalue weighted by Gasteiger charge is -1.99. The van der Waals surface area contributed by atoms with Crippen molar-refractivity contribution in [2.45, 2.75) is 4.90 Å². The van der Waals surface area contributed by atoms with Crippen LogP contribution < -0.4 is 0 Å². The van der Waals surface area contributed by atoms with Gasteiger partial charge in [0.1, 0.15) is 4.60 Å². The number of hydrogen-bond acceptors (Lipinski definition) is 4. The number of aromatic nitrogens is 2. The van der Waals surface area contributed by atoms with Crippen molar-refractivity contribution < 1.29 is 8.42 Å². The van der Waals surface area contributed by atoms with Crippen LogP contribution in [0.25, 0.3) is 11.0 Å². The Bertz CT molecular complexity index is 630. The molecule has 78 valence electrons. The third-order valence-corrected chi connectivity index (χ3v) is 3.50. The summed E-state index contributed by atoms with van der Waals surface area (Å²) in [7, 11) is 1.49. The second-order valence-electron chi connectivity index (χ2n) is 2.78. The zero-order valence-corrected chi connectivity index (χ0v) is 10.3. The molecule has 7 heteroatoms. The normalized spacial score (nSPS) is 11.9. The predicted octanol–water partition coefficient (Wildman–Crippen LogP) is 2.32. The molecule has 2 aromatic rings. The molecule has 1 heterocycles. The second-order valence-corrected chi connectivity index (χ2v) is 6.16. The largest absolute Gasteiger partial charge is 0.261 e. The fourth-order valence-corrected chi connectivity index (χ4v) is 2.18. The van der Waals surface area contributed by atoms with Crippen LogP contribution in [0.3, 0.4) is 0 Å². The molecule has 0 saturated heterocycles. The van der Waals surface area contributed by atoms with Crippen molar-refractivity contribution in [1.82, 2.24) is 9.97 Å². The summed E-state index contributed by atoms with van der Waals surface area (Å²) in [6.07, 6.45) is 1.49. The van der Waals surface area contributed by atoms with Crippen molar-refractivity contribution in [3.05, 3.63) is 29.0 Å². The van der Waals surface area contributed by atoms with Crippen LogP contribution in [-0.4, -0.2) is 18.4 Å². The molecule has 0 amide bonds. The number of fused-ring (bicyclic) bond motifs is 1. The highest BCUT2D eigenvalue weighted by Gasteiger charge is 2.10. The standard InChI is InChI=1S/C8H4BrClN2O2S/c9-8-4-11-7-3-5(15(10,13)14)1-2-6(7)12-8/h1-4H. The average molecular weight is 308 g/mol. The molecule has 0 saturated carbocycles. The van der Waals surface area contributed by atoms with Gasteiger partial charge >= 0.3 is 0 Å². The highest BCUT2D eigenvalue weighted by atomic mass is 79.9. The minimum absolute atomic E-state index is 0.0216. The Morgan fingerprint density at radius 3 is 2.67 bits per heavy atom. The van der Waals surface area contributed by atoms with Gasteiger partial charge in [0.15, 0.2) is 0 Å². The van der Waals surface area contributed by atoms with E-state index in [1.807, 2.05) is 0 Å². The lowest BCUT2D eigenvalue weighted by atomic mass is 10.3. The Balaban J connectivity index is 2.73. The second kappa shape index (κ2) is 3.70. The van der Waals surface area contributed by atoms with Crippen LogP contribution in [0.4, 0.5) is 0 Å². The minimum Gasteiger partial charge on any atom is -0.252 e. The molecule has 0 unspecified atom stereocenters. The Kier molecular flexibility index (Phi) is 2.66. The first kappa shape index (κ1) is 10.8. The van der Waals surface area contributed by atoms with Gasteiger partial charge in [-0.2, -0.15) is 0 Å². The third kappa shape index (κ3) is 2.27. The summed E-state index contributed by atoms with van der Waals surface area (Å²) in [4.78, 5) is 8.16. The van der Waals surface area contributed by atoms with E-state index in [2.05, 4.69) is 25.9 Å². The highest BCUT2D eigenvalue weighted by molar-refractivity contribution is 9.10. The number of rotatable bonds is 1. The van der Waals surface area contributed by atoms with Gasteiger partial charge in [-0.3, -0.25) is 4.98 Å². The summed E-state index contributed by atoms with van der Waals surface area (Å²) in [5.41, 5.74) is 1.09. The van der Waals surface area contributed by atoms with Crippen LogP contribution in [-0.2, 0) is 9.05 Å². The average Bonchev–Trinajstić information content (AvgIpc) is 2.15. The van der Waals surface area contributed by atoms with Crippen molar-refractivity contribution >= 4 is 46.7 Å². The van der Waals surface area contributed by atoms with Gasteiger partial charge in [-0.15, -0.1) is 0 Å². The van der Waals surface area contributed by atoms with Crippen molar-refractivity contribution in [3.63, 3.8) is 0 Å². The lowest BCUT2D eigenvalue weighted by molar-refractivity contribution is 0.609. The van der Waals surface area contributed by atoms with Gasteiger partial charge < -0.3 is 0 Å². The molecule has 0 fully saturated rings. The van der Waals surface area contributed by atoms with Gasteiger partial charge in [-0.1, -0.05) is 0 Å². The fraction of sp³-hybridized carbons (Fsp3) is 0. The maximum Gasteiger partial charge on any atom is 0.261 e. The number of hydrogen-bond donors (Lipinski definition) is 0. The van der Waals surface area contributed by atoms with Crippen molar-refractivity contribution in [3.8, 4) is 0 Å². The van der Waals surface area contributed by atoms with Gasteiger partial charge in [0, 0.05) is 10.7 Å². The van der Waals surface area contributed by atoms with Crippen LogP contribution in [0.1, 0.15) is 0 Å². The number of halogens is 2. The maximum atomic E-state index is 11.1. The minimum atomic E-state index is -3.71. The van der Waals surface area contributed by atoms with Crippen molar-refractivity contribution in [2.24, 2.45) is 0 Å². The molecular formula is C8H4BrClN2O2S. The van der Waals surface area contributed by atoms with Crippen molar-refractivity contribution in [2.75, 3.05) is 0 Å². The summed E-state index contributed by atoms with van der Waals surface area (Å²) in [6.45, 7) is 0. The van der Waals surface area contributed by atoms with E-state index in [0.29, 0.717) is 15.6 Å². The Labute approximate surface area is 98.9 Å². The van der Waals surface area contributed by atoms with Gasteiger partial charge in [-0.25, -0.2) is 13.4 Å². The van der Waals surface area contributed by atoms with Crippen molar-refractivity contribution in [1.29, 1.82) is 0 Å². The van der Waals surface area contributed by atoms with E-state index in [4.69, 9.17) is 10.7 Å². The molecule has 0 aliphatic heterocycles. The van der Waals surface area contributed by atoms with E-state index >= 15 is 0 Å². The van der Waals surface area contributed by atoms with Gasteiger partial charge in [-0.05, 0) is 34.1 Å². The lowest BCUT2D eigenvalue weighted by Crippen LogP contribution is -1.92. The summed E-state index contributed by atoms with van der Waals surface area (Å²) < 4.78 is 22.7. The molecule has 0 spiro atoms. The molecule has 0 bridgehead atoms. The van der Waals surface area contributed by atoms with Crippen LogP contribution in [0.5, 0.6) is 0 Å². The van der Waals surface area contributed by atoms with Crippen LogP contribution >= 0.6 is 26.6 Å². The van der Waals surface area contributed by atoms with E-state index in [1.165, 1.54) is 18.3 Å². The zero-order chi connectivity index (χ0) is 11.1. The monoisotopic (exact) mass is 306 g/mol. The fourth-order valence-electron chi connectivity index (χ4n) is 1.12. The van der Waals surface area contributed by atoms with Gasteiger partial charge in [0.25, 0.3) is 9.05 Å². The predicted molar refractivity (Wildman–Crippen MR) is 60.3 cm³/mol. The van der Waals surface area contributed by atoms with E-state index in [-0.39, 0.29) is 4.90 Å². The molecule has 2 rings (SSSR count). The van der Waals surface area contributed by atoms with E-state index in [1.54, 1.807) is 6.07 Å². The van der Waals surface area contributed by atoms with Crippen LogP contribution in [0.15, 0.2) is 33.9 Å². The van der Waals surface area contributed by atoms with Crippen LogP contribution in [0, 0.1) is 0 Å². The Morgan fingerprint density at radius 1 is 1.27 bits per heavy atom. The first-order chi connectivity index (χ1) is 6.97. The number of nitrogens with zero attached hydrogens (tertiary/aromatic N) is 2. The van der Waals surface area contributed by atoms with Gasteiger partial charge in [0.05, 0.1) is 22.1 Å². The Morgan fingerprint density at radius 2 is 2.00 bits per heavy atom. The molecule has 0 atom stereocenters. The smallest absolute Gasteiger partial charge is 0.252 e. The molecule has 0 N–H and O–H groups in total. The molecule has 0 radical (unpaired) electrons. The van der Waals surface area contributed by atoms with E-state index in [9.17, 15) is 8.42 Å². The SMILES string of the molecule is O=S(=O)(Cl)c1ccc2nc(Br)cnc2c1. The first-order valence-electron chi connectivity index (χ1n) is 3.84. The van der Waals surface area contributed by atoms with E-state index < -0.39 is 9.05 Å². The molecule has 15 heavy (non-hydrogen) atoms. The quantitative estimate of drug-likeness (QED) is 0.759. The third-order valence-electron chi connectivity index (χ3n) is 1.77. The summed E-state index contributed by atoms with van der Waals surface area (Å²) in [6, 6.07) is 4.34. The zero-order valence-electron chi connectivity index (χ0n) is 7.18. The molecule has 1 aromatic carbocycles. The number of benzene rings is 1. The molecule has 1 aromatic heterocycles. The Hall–Kier alpha value is -0.720. The molecular weight excluding hydrogens is 304 g/mol. The topological polar surface area (TPSA) is 59.9 Å². The van der Waals surface area contributed by atoms with E-state index in [0.717, 1.165) is 0 Å². The maximum absolute atomic E-state index is 11.1. The highest BCUT2D eigenvalue weighted by Crippen LogP contribution is 2.20. The molecule has 0 aliphatic rings. The molecule has 4 nitrogen and oxygen atoms in total. The summed E-state index contributed by atoms with van der Waals surface area (Å²) >= 11 is 3.17.